The van der Waals surface area contributed by atoms with Crippen LogP contribution in [-0.4, -0.2) is 25.7 Å². The highest BCUT2D eigenvalue weighted by Crippen LogP contribution is 2.45. The van der Waals surface area contributed by atoms with Gasteiger partial charge < -0.3 is 9.88 Å². The first-order valence-electron chi connectivity index (χ1n) is 8.17. The molecule has 0 saturated heterocycles. The van der Waals surface area contributed by atoms with Gasteiger partial charge in [0.1, 0.15) is 5.82 Å². The molecule has 0 aromatic carbocycles. The van der Waals surface area contributed by atoms with E-state index in [0.717, 1.165) is 24.4 Å². The van der Waals surface area contributed by atoms with Gasteiger partial charge in [0.15, 0.2) is 5.82 Å². The highest BCUT2D eigenvalue weighted by molar-refractivity contribution is 5.94. The smallest absolute Gasteiger partial charge is 0.226 e. The molecule has 1 fully saturated rings. The Labute approximate surface area is 129 Å². The number of H-pyrrole nitrogens is 1. The molecule has 2 aromatic rings. The highest BCUT2D eigenvalue weighted by atomic mass is 16.1. The van der Waals surface area contributed by atoms with Crippen molar-refractivity contribution in [3.8, 4) is 0 Å². The van der Waals surface area contributed by atoms with Crippen molar-refractivity contribution in [3.05, 3.63) is 29.5 Å². The minimum atomic E-state index is 0.0136. The molecule has 2 aliphatic rings. The average molecular weight is 299 g/mol. The highest BCUT2D eigenvalue weighted by Gasteiger charge is 2.37. The Bertz CT molecular complexity index is 697. The zero-order valence-electron chi connectivity index (χ0n) is 12.8. The quantitative estimate of drug-likeness (QED) is 0.911. The molecule has 1 aliphatic heterocycles. The van der Waals surface area contributed by atoms with Gasteiger partial charge in [0.2, 0.25) is 5.91 Å². The standard InChI is InChI=1S/C16H21N5O/c1-2-7-21-8-6-17-16(21)11-9-12(22)18-15-13(11)14(19-20-15)10-4-3-5-10/h6,8,10-11H,2-5,7,9H2,1H3,(H2,18,19,20,22). The van der Waals surface area contributed by atoms with Gasteiger partial charge in [-0.3, -0.25) is 9.89 Å². The van der Waals surface area contributed by atoms with Crippen LogP contribution in [0.4, 0.5) is 5.82 Å². The number of anilines is 1. The zero-order valence-corrected chi connectivity index (χ0v) is 12.8. The van der Waals surface area contributed by atoms with Crippen molar-refractivity contribution in [1.29, 1.82) is 0 Å². The summed E-state index contributed by atoms with van der Waals surface area (Å²) in [6.45, 7) is 3.08. The summed E-state index contributed by atoms with van der Waals surface area (Å²) in [6, 6.07) is 0. The van der Waals surface area contributed by atoms with Crippen LogP contribution in [0.25, 0.3) is 0 Å². The molecule has 6 heteroatoms. The van der Waals surface area contributed by atoms with Crippen LogP contribution in [0.15, 0.2) is 12.4 Å². The van der Waals surface area contributed by atoms with Crippen LogP contribution >= 0.6 is 0 Å². The molecule has 2 aromatic heterocycles. The predicted molar refractivity (Wildman–Crippen MR) is 82.8 cm³/mol. The molecule has 116 valence electrons. The third-order valence-corrected chi connectivity index (χ3v) is 4.87. The maximum absolute atomic E-state index is 12.1. The van der Waals surface area contributed by atoms with Gasteiger partial charge in [-0.15, -0.1) is 0 Å². The van der Waals surface area contributed by atoms with Gasteiger partial charge in [0.05, 0.1) is 5.92 Å². The number of rotatable bonds is 4. The first-order valence-corrected chi connectivity index (χ1v) is 8.17. The van der Waals surface area contributed by atoms with Crippen LogP contribution in [0, 0.1) is 0 Å². The summed E-state index contributed by atoms with van der Waals surface area (Å²) in [4.78, 5) is 16.6. The lowest BCUT2D eigenvalue weighted by Crippen LogP contribution is -2.26. The number of nitrogens with zero attached hydrogens (tertiary/aromatic N) is 3. The molecule has 1 amide bonds. The normalized spacial score (nSPS) is 21.3. The molecule has 2 N–H and O–H groups in total. The van der Waals surface area contributed by atoms with E-state index < -0.39 is 0 Å². The second kappa shape index (κ2) is 5.26. The number of carbonyl (C=O) groups excluding carboxylic acids is 1. The first-order chi connectivity index (χ1) is 10.8. The van der Waals surface area contributed by atoms with Crippen LogP contribution in [0.1, 0.15) is 67.9 Å². The van der Waals surface area contributed by atoms with Gasteiger partial charge in [0, 0.05) is 42.5 Å². The van der Waals surface area contributed by atoms with Gasteiger partial charge >= 0.3 is 0 Å². The topological polar surface area (TPSA) is 75.6 Å². The van der Waals surface area contributed by atoms with E-state index in [2.05, 4.69) is 32.0 Å². The molecule has 0 bridgehead atoms. The number of nitrogens with one attached hydrogen (secondary N) is 2. The van der Waals surface area contributed by atoms with Gasteiger partial charge in [-0.1, -0.05) is 13.3 Å². The maximum Gasteiger partial charge on any atom is 0.226 e. The fourth-order valence-electron chi connectivity index (χ4n) is 3.57. The second-order valence-corrected chi connectivity index (χ2v) is 6.31. The molecule has 4 rings (SSSR count). The molecular weight excluding hydrogens is 278 g/mol. The summed E-state index contributed by atoms with van der Waals surface area (Å²) in [5, 5.41) is 10.4. The number of fused-ring (bicyclic) bond motifs is 1. The monoisotopic (exact) mass is 299 g/mol. The fraction of sp³-hybridized carbons (Fsp3) is 0.562. The van der Waals surface area contributed by atoms with Crippen molar-refractivity contribution in [3.63, 3.8) is 0 Å². The van der Waals surface area contributed by atoms with Crippen molar-refractivity contribution in [2.45, 2.75) is 57.4 Å². The summed E-state index contributed by atoms with van der Waals surface area (Å²) in [6.07, 6.45) is 9.04. The molecule has 1 atom stereocenters. The Kier molecular flexibility index (Phi) is 3.24. The second-order valence-electron chi connectivity index (χ2n) is 6.31. The van der Waals surface area contributed by atoms with E-state index in [9.17, 15) is 4.79 Å². The predicted octanol–water partition coefficient (Wildman–Crippen LogP) is 2.76. The van der Waals surface area contributed by atoms with Gasteiger partial charge in [-0.05, 0) is 19.3 Å². The molecule has 1 aliphatic carbocycles. The molecular formula is C16H21N5O. The van der Waals surface area contributed by atoms with Gasteiger partial charge in [0.25, 0.3) is 0 Å². The molecule has 0 spiro atoms. The Morgan fingerprint density at radius 2 is 2.27 bits per heavy atom. The summed E-state index contributed by atoms with van der Waals surface area (Å²) in [5.41, 5.74) is 2.37. The Morgan fingerprint density at radius 1 is 1.41 bits per heavy atom. The average Bonchev–Trinajstić information content (AvgIpc) is 3.04. The molecule has 6 nitrogen and oxygen atoms in total. The van der Waals surface area contributed by atoms with E-state index in [1.54, 1.807) is 0 Å². The van der Waals surface area contributed by atoms with Crippen LogP contribution in [0.2, 0.25) is 0 Å². The maximum atomic E-state index is 12.1. The molecule has 0 radical (unpaired) electrons. The van der Waals surface area contributed by atoms with E-state index in [-0.39, 0.29) is 11.8 Å². The summed E-state index contributed by atoms with van der Waals surface area (Å²) in [5.74, 6) is 2.28. The van der Waals surface area contributed by atoms with E-state index in [1.807, 2.05) is 12.4 Å². The molecule has 1 unspecified atom stereocenters. The zero-order chi connectivity index (χ0) is 15.1. The lowest BCUT2D eigenvalue weighted by molar-refractivity contribution is -0.116. The third kappa shape index (κ3) is 2.05. The van der Waals surface area contributed by atoms with E-state index >= 15 is 0 Å². The number of imidazole rings is 1. The number of hydrogen-bond donors (Lipinski definition) is 2. The van der Waals surface area contributed by atoms with Gasteiger partial charge in [-0.25, -0.2) is 4.98 Å². The number of amides is 1. The lowest BCUT2D eigenvalue weighted by Gasteiger charge is -2.29. The lowest BCUT2D eigenvalue weighted by atomic mass is 9.78. The van der Waals surface area contributed by atoms with E-state index in [4.69, 9.17) is 0 Å². The molecule has 3 heterocycles. The SMILES string of the molecule is CCCn1ccnc1C1CC(=O)Nc2n[nH]c(C3CCC3)c21. The Morgan fingerprint density at radius 3 is 3.00 bits per heavy atom. The number of aromatic amines is 1. The minimum absolute atomic E-state index is 0.0136. The number of aromatic nitrogens is 4. The van der Waals surface area contributed by atoms with E-state index in [0.29, 0.717) is 18.2 Å². The largest absolute Gasteiger partial charge is 0.334 e. The van der Waals surface area contributed by atoms with Crippen LogP contribution in [-0.2, 0) is 11.3 Å². The Balaban J connectivity index is 1.78. The van der Waals surface area contributed by atoms with Crippen molar-refractivity contribution >= 4 is 11.7 Å². The van der Waals surface area contributed by atoms with Crippen LogP contribution < -0.4 is 5.32 Å². The minimum Gasteiger partial charge on any atom is -0.334 e. The van der Waals surface area contributed by atoms with Crippen molar-refractivity contribution in [2.24, 2.45) is 0 Å². The van der Waals surface area contributed by atoms with Crippen molar-refractivity contribution in [1.82, 2.24) is 19.7 Å². The third-order valence-electron chi connectivity index (χ3n) is 4.87. The Hall–Kier alpha value is -2.11. The van der Waals surface area contributed by atoms with Crippen LogP contribution in [0.3, 0.4) is 0 Å². The number of hydrogen-bond acceptors (Lipinski definition) is 3. The molecule has 22 heavy (non-hydrogen) atoms. The number of aryl methyl sites for hydroxylation is 1. The number of carbonyl (C=O) groups is 1. The van der Waals surface area contributed by atoms with Gasteiger partial charge in [-0.2, -0.15) is 5.10 Å². The van der Waals surface area contributed by atoms with Crippen molar-refractivity contribution < 1.29 is 4.79 Å². The van der Waals surface area contributed by atoms with E-state index in [1.165, 1.54) is 25.0 Å². The molecule has 1 saturated carbocycles. The fourth-order valence-corrected chi connectivity index (χ4v) is 3.57. The van der Waals surface area contributed by atoms with Crippen molar-refractivity contribution in [2.75, 3.05) is 5.32 Å². The first kappa shape index (κ1) is 13.5. The summed E-state index contributed by atoms with van der Waals surface area (Å²) < 4.78 is 2.17. The van der Waals surface area contributed by atoms with Crippen LogP contribution in [0.5, 0.6) is 0 Å². The summed E-state index contributed by atoms with van der Waals surface area (Å²) in [7, 11) is 0. The summed E-state index contributed by atoms with van der Waals surface area (Å²) >= 11 is 0.